The van der Waals surface area contributed by atoms with Crippen LogP contribution < -0.4 is 4.74 Å². The van der Waals surface area contributed by atoms with Crippen LogP contribution in [0.15, 0.2) is 60.9 Å². The Labute approximate surface area is 137 Å². The molecule has 0 aliphatic carbocycles. The molecule has 0 saturated carbocycles. The van der Waals surface area contributed by atoms with Gasteiger partial charge < -0.3 is 9.47 Å². The van der Waals surface area contributed by atoms with Gasteiger partial charge in [0.1, 0.15) is 12.0 Å². The number of carbonyl (C=O) groups excluding carboxylic acids is 1. The molecule has 0 spiro atoms. The molecule has 2 rings (SSSR count). The fraction of sp³-hybridized carbons (Fsp3) is 0.250. The highest BCUT2D eigenvalue weighted by Crippen LogP contribution is 2.26. The standard InChI is InChI=1S/C20H22O3/c1-20(2,3)19(21)23-14-18(15-8-6-5-7-9-15)16-10-12-17(22-4)13-11-16/h5-14H,1-4H3/b18-14+. The monoisotopic (exact) mass is 310 g/mol. The van der Waals surface area contributed by atoms with Crippen molar-refractivity contribution in [3.05, 3.63) is 72.0 Å². The Morgan fingerprint density at radius 3 is 2.00 bits per heavy atom. The van der Waals surface area contributed by atoms with Crippen LogP contribution in [0.3, 0.4) is 0 Å². The van der Waals surface area contributed by atoms with Crippen molar-refractivity contribution in [2.45, 2.75) is 20.8 Å². The minimum absolute atomic E-state index is 0.264. The lowest BCUT2D eigenvalue weighted by Crippen LogP contribution is -2.21. The molecule has 0 heterocycles. The molecule has 0 saturated heterocycles. The first kappa shape index (κ1) is 16.8. The van der Waals surface area contributed by atoms with Crippen LogP contribution in [0.2, 0.25) is 0 Å². The van der Waals surface area contributed by atoms with E-state index in [-0.39, 0.29) is 5.97 Å². The van der Waals surface area contributed by atoms with Crippen molar-refractivity contribution >= 4 is 11.5 Å². The SMILES string of the molecule is COc1ccc(/C(=C/OC(=O)C(C)(C)C)c2ccccc2)cc1. The van der Waals surface area contributed by atoms with Crippen molar-refractivity contribution in [2.75, 3.05) is 7.11 Å². The van der Waals surface area contributed by atoms with E-state index in [0.29, 0.717) is 0 Å². The molecule has 120 valence electrons. The van der Waals surface area contributed by atoms with Gasteiger partial charge in [-0.1, -0.05) is 42.5 Å². The smallest absolute Gasteiger partial charge is 0.316 e. The van der Waals surface area contributed by atoms with Gasteiger partial charge in [0.15, 0.2) is 0 Å². The summed E-state index contributed by atoms with van der Waals surface area (Å²) in [7, 11) is 1.63. The van der Waals surface area contributed by atoms with Crippen molar-refractivity contribution < 1.29 is 14.3 Å². The summed E-state index contributed by atoms with van der Waals surface area (Å²) < 4.78 is 10.6. The summed E-state index contributed by atoms with van der Waals surface area (Å²) in [5.74, 6) is 0.521. The van der Waals surface area contributed by atoms with Crippen molar-refractivity contribution in [3.8, 4) is 5.75 Å². The number of carbonyl (C=O) groups is 1. The van der Waals surface area contributed by atoms with E-state index in [1.54, 1.807) is 7.11 Å². The number of rotatable bonds is 4. The van der Waals surface area contributed by atoms with Crippen LogP contribution in [0.4, 0.5) is 0 Å². The molecule has 0 aliphatic rings. The van der Waals surface area contributed by atoms with Crippen LogP contribution in [-0.4, -0.2) is 13.1 Å². The van der Waals surface area contributed by atoms with Gasteiger partial charge >= 0.3 is 5.97 Å². The average Bonchev–Trinajstić information content (AvgIpc) is 2.55. The number of esters is 1. The number of methoxy groups -OCH3 is 1. The highest BCUT2D eigenvalue weighted by Gasteiger charge is 2.22. The normalized spacial score (nSPS) is 11.9. The summed E-state index contributed by atoms with van der Waals surface area (Å²) in [4.78, 5) is 12.0. The first-order valence-electron chi connectivity index (χ1n) is 7.53. The Bertz CT molecular complexity index is 677. The molecule has 23 heavy (non-hydrogen) atoms. The Morgan fingerprint density at radius 1 is 0.913 bits per heavy atom. The molecule has 2 aromatic rings. The van der Waals surface area contributed by atoms with Crippen LogP contribution in [0, 0.1) is 5.41 Å². The van der Waals surface area contributed by atoms with Crippen LogP contribution in [0.5, 0.6) is 5.75 Å². The predicted octanol–water partition coefficient (Wildman–Crippen LogP) is 4.67. The molecule has 0 aliphatic heterocycles. The summed E-state index contributed by atoms with van der Waals surface area (Å²) in [5.41, 5.74) is 2.25. The van der Waals surface area contributed by atoms with Gasteiger partial charge in [0, 0.05) is 5.57 Å². The maximum Gasteiger partial charge on any atom is 0.316 e. The molecule has 0 fully saturated rings. The third kappa shape index (κ3) is 4.46. The zero-order chi connectivity index (χ0) is 16.9. The summed E-state index contributed by atoms with van der Waals surface area (Å²) in [6, 6.07) is 17.5. The second-order valence-corrected chi connectivity index (χ2v) is 6.28. The van der Waals surface area contributed by atoms with E-state index in [1.165, 1.54) is 6.26 Å². The van der Waals surface area contributed by atoms with Crippen LogP contribution >= 0.6 is 0 Å². The van der Waals surface area contributed by atoms with Gasteiger partial charge in [-0.05, 0) is 44.0 Å². The van der Waals surface area contributed by atoms with Crippen molar-refractivity contribution in [2.24, 2.45) is 5.41 Å². The molecule has 2 aromatic carbocycles. The highest BCUT2D eigenvalue weighted by molar-refractivity contribution is 5.82. The Balaban J connectivity index is 2.38. The van der Waals surface area contributed by atoms with Gasteiger partial charge in [0.2, 0.25) is 0 Å². The topological polar surface area (TPSA) is 35.5 Å². The molecular formula is C20H22O3. The molecule has 0 aromatic heterocycles. The lowest BCUT2D eigenvalue weighted by molar-refractivity contribution is -0.146. The lowest BCUT2D eigenvalue weighted by Gasteiger charge is -2.16. The van der Waals surface area contributed by atoms with Crippen molar-refractivity contribution in [1.82, 2.24) is 0 Å². The van der Waals surface area contributed by atoms with Gasteiger partial charge in [-0.15, -0.1) is 0 Å². The number of hydrogen-bond donors (Lipinski definition) is 0. The Kier molecular flexibility index (Phi) is 5.22. The number of benzene rings is 2. The molecule has 0 radical (unpaired) electrons. The number of ether oxygens (including phenoxy) is 2. The molecule has 0 atom stereocenters. The quantitative estimate of drug-likeness (QED) is 0.608. The van der Waals surface area contributed by atoms with E-state index in [1.807, 2.05) is 75.4 Å². The summed E-state index contributed by atoms with van der Waals surface area (Å²) in [6.07, 6.45) is 1.53. The largest absolute Gasteiger partial charge is 0.497 e. The van der Waals surface area contributed by atoms with E-state index in [9.17, 15) is 4.79 Å². The summed E-state index contributed by atoms with van der Waals surface area (Å²) in [6.45, 7) is 5.50. The summed E-state index contributed by atoms with van der Waals surface area (Å²) >= 11 is 0. The molecule has 0 unspecified atom stereocenters. The predicted molar refractivity (Wildman–Crippen MR) is 92.1 cm³/mol. The lowest BCUT2D eigenvalue weighted by atomic mass is 9.97. The summed E-state index contributed by atoms with van der Waals surface area (Å²) in [5, 5.41) is 0. The van der Waals surface area contributed by atoms with Gasteiger partial charge in [-0.3, -0.25) is 4.79 Å². The van der Waals surface area contributed by atoms with Crippen LogP contribution in [0.1, 0.15) is 31.9 Å². The minimum Gasteiger partial charge on any atom is -0.497 e. The second kappa shape index (κ2) is 7.14. The molecule has 0 bridgehead atoms. The van der Waals surface area contributed by atoms with E-state index < -0.39 is 5.41 Å². The third-order valence-corrected chi connectivity index (χ3v) is 3.38. The fourth-order valence-corrected chi connectivity index (χ4v) is 1.98. The minimum atomic E-state index is -0.543. The molecule has 0 N–H and O–H groups in total. The van der Waals surface area contributed by atoms with Crippen molar-refractivity contribution in [1.29, 1.82) is 0 Å². The van der Waals surface area contributed by atoms with Crippen molar-refractivity contribution in [3.63, 3.8) is 0 Å². The zero-order valence-corrected chi connectivity index (χ0v) is 14.0. The van der Waals surface area contributed by atoms with Crippen LogP contribution in [0.25, 0.3) is 5.57 Å². The molecule has 3 heteroatoms. The van der Waals surface area contributed by atoms with Gasteiger partial charge in [-0.25, -0.2) is 0 Å². The first-order chi connectivity index (χ1) is 10.9. The second-order valence-electron chi connectivity index (χ2n) is 6.28. The molecular weight excluding hydrogens is 288 g/mol. The maximum absolute atomic E-state index is 12.0. The Morgan fingerprint density at radius 2 is 1.48 bits per heavy atom. The maximum atomic E-state index is 12.0. The zero-order valence-electron chi connectivity index (χ0n) is 14.0. The number of hydrogen-bond acceptors (Lipinski definition) is 3. The first-order valence-corrected chi connectivity index (χ1v) is 7.53. The molecule has 0 amide bonds. The van der Waals surface area contributed by atoms with Crippen LogP contribution in [-0.2, 0) is 9.53 Å². The van der Waals surface area contributed by atoms with Gasteiger partial charge in [-0.2, -0.15) is 0 Å². The Hall–Kier alpha value is -2.55. The van der Waals surface area contributed by atoms with E-state index in [4.69, 9.17) is 9.47 Å². The average molecular weight is 310 g/mol. The third-order valence-electron chi connectivity index (χ3n) is 3.38. The van der Waals surface area contributed by atoms with Gasteiger partial charge in [0.25, 0.3) is 0 Å². The van der Waals surface area contributed by atoms with Gasteiger partial charge in [0.05, 0.1) is 12.5 Å². The fourth-order valence-electron chi connectivity index (χ4n) is 1.98. The van der Waals surface area contributed by atoms with E-state index in [2.05, 4.69) is 0 Å². The van der Waals surface area contributed by atoms with E-state index >= 15 is 0 Å². The molecule has 3 nitrogen and oxygen atoms in total. The highest BCUT2D eigenvalue weighted by atomic mass is 16.5. The van der Waals surface area contributed by atoms with E-state index in [0.717, 1.165) is 22.4 Å².